The molecule has 1 atom stereocenters. The van der Waals surface area contributed by atoms with E-state index in [0.717, 1.165) is 5.56 Å². The molecule has 0 saturated heterocycles. The molecule has 0 spiro atoms. The van der Waals surface area contributed by atoms with Crippen molar-refractivity contribution in [3.05, 3.63) is 41.5 Å². The van der Waals surface area contributed by atoms with Gasteiger partial charge in [-0.15, -0.1) is 0 Å². The molecule has 5 heteroatoms. The van der Waals surface area contributed by atoms with Gasteiger partial charge in [0.25, 0.3) is 0 Å². The summed E-state index contributed by atoms with van der Waals surface area (Å²) in [5.41, 5.74) is 1.01. The maximum Gasteiger partial charge on any atom is 0.231 e. The number of aromatic nitrogens is 2. The Hall–Kier alpha value is -1.88. The minimum Gasteiger partial charge on any atom is -0.508 e. The number of hydrogen-bond acceptors (Lipinski definition) is 5. The third-order valence-corrected chi connectivity index (χ3v) is 2.98. The molecule has 1 aromatic carbocycles. The van der Waals surface area contributed by atoms with Gasteiger partial charge in [-0.3, -0.25) is 0 Å². The molecular formula is C15H20N2O3. The van der Waals surface area contributed by atoms with E-state index in [1.165, 1.54) is 0 Å². The SMILES string of the molecule is CCOC(c1noc(Cc2ccc(O)cc2)n1)C(C)C. The Labute approximate surface area is 118 Å². The number of ether oxygens (including phenoxy) is 1. The molecule has 0 aliphatic carbocycles. The Balaban J connectivity index is 2.09. The van der Waals surface area contributed by atoms with Crippen LogP contribution in [0.4, 0.5) is 0 Å². The van der Waals surface area contributed by atoms with Crippen molar-refractivity contribution in [1.82, 2.24) is 10.1 Å². The summed E-state index contributed by atoms with van der Waals surface area (Å²) in [6.45, 7) is 6.70. The lowest BCUT2D eigenvalue weighted by atomic mass is 10.1. The third kappa shape index (κ3) is 3.57. The average molecular weight is 276 g/mol. The van der Waals surface area contributed by atoms with Crippen LogP contribution in [0.3, 0.4) is 0 Å². The predicted molar refractivity (Wildman–Crippen MR) is 74.4 cm³/mol. The van der Waals surface area contributed by atoms with E-state index in [-0.39, 0.29) is 17.8 Å². The van der Waals surface area contributed by atoms with Crippen LogP contribution in [0.2, 0.25) is 0 Å². The first-order chi connectivity index (χ1) is 9.60. The van der Waals surface area contributed by atoms with E-state index >= 15 is 0 Å². The highest BCUT2D eigenvalue weighted by Gasteiger charge is 2.22. The smallest absolute Gasteiger partial charge is 0.231 e. The maximum absolute atomic E-state index is 9.25. The molecule has 0 aliphatic heterocycles. The van der Waals surface area contributed by atoms with Crippen LogP contribution in [0.25, 0.3) is 0 Å². The highest BCUT2D eigenvalue weighted by molar-refractivity contribution is 5.27. The summed E-state index contributed by atoms with van der Waals surface area (Å²) in [6.07, 6.45) is 0.404. The predicted octanol–water partition coefficient (Wildman–Crippen LogP) is 3.10. The number of rotatable bonds is 6. The summed E-state index contributed by atoms with van der Waals surface area (Å²) < 4.78 is 10.9. The molecule has 0 amide bonds. The van der Waals surface area contributed by atoms with Gasteiger partial charge >= 0.3 is 0 Å². The zero-order valence-corrected chi connectivity index (χ0v) is 12.0. The molecule has 108 valence electrons. The first-order valence-corrected chi connectivity index (χ1v) is 6.82. The topological polar surface area (TPSA) is 68.4 Å². The van der Waals surface area contributed by atoms with E-state index in [9.17, 15) is 5.11 Å². The van der Waals surface area contributed by atoms with Crippen molar-refractivity contribution in [2.45, 2.75) is 33.3 Å². The van der Waals surface area contributed by atoms with Gasteiger partial charge in [-0.1, -0.05) is 31.1 Å². The average Bonchev–Trinajstić information content (AvgIpc) is 2.86. The summed E-state index contributed by atoms with van der Waals surface area (Å²) in [5, 5.41) is 13.3. The minimum absolute atomic E-state index is 0.141. The molecule has 2 rings (SSSR count). The third-order valence-electron chi connectivity index (χ3n) is 2.98. The van der Waals surface area contributed by atoms with Crippen LogP contribution in [-0.4, -0.2) is 21.9 Å². The van der Waals surface area contributed by atoms with Gasteiger partial charge < -0.3 is 14.4 Å². The number of phenols is 1. The second-order valence-corrected chi connectivity index (χ2v) is 5.01. The largest absolute Gasteiger partial charge is 0.508 e. The highest BCUT2D eigenvalue weighted by Crippen LogP contribution is 2.23. The Kier molecular flexibility index (Phi) is 4.74. The maximum atomic E-state index is 9.25. The number of benzene rings is 1. The fourth-order valence-electron chi connectivity index (χ4n) is 1.99. The number of hydrogen-bond donors (Lipinski definition) is 1. The van der Waals surface area contributed by atoms with Crippen LogP contribution in [0.5, 0.6) is 5.75 Å². The number of aromatic hydroxyl groups is 1. The zero-order chi connectivity index (χ0) is 14.5. The van der Waals surface area contributed by atoms with Crippen molar-refractivity contribution in [3.63, 3.8) is 0 Å². The standard InChI is InChI=1S/C15H20N2O3/c1-4-19-14(10(2)3)15-16-13(20-17-15)9-11-5-7-12(18)8-6-11/h5-8,10,14,18H,4,9H2,1-3H3. The molecule has 2 aromatic rings. The first kappa shape index (κ1) is 14.5. The molecule has 1 unspecified atom stereocenters. The van der Waals surface area contributed by atoms with Crippen molar-refractivity contribution in [2.24, 2.45) is 5.92 Å². The second kappa shape index (κ2) is 6.52. The van der Waals surface area contributed by atoms with Crippen LogP contribution >= 0.6 is 0 Å². The van der Waals surface area contributed by atoms with E-state index in [1.807, 2.05) is 19.1 Å². The van der Waals surface area contributed by atoms with Crippen LogP contribution in [0.1, 0.15) is 44.2 Å². The molecule has 0 radical (unpaired) electrons. The lowest BCUT2D eigenvalue weighted by Gasteiger charge is -2.16. The highest BCUT2D eigenvalue weighted by atomic mass is 16.5. The molecular weight excluding hydrogens is 256 g/mol. The summed E-state index contributed by atoms with van der Waals surface area (Å²) in [6, 6.07) is 6.96. The normalized spacial score (nSPS) is 12.8. The van der Waals surface area contributed by atoms with Crippen molar-refractivity contribution in [3.8, 4) is 5.75 Å². The van der Waals surface area contributed by atoms with Crippen LogP contribution in [0.15, 0.2) is 28.8 Å². The lowest BCUT2D eigenvalue weighted by molar-refractivity contribution is 0.0217. The van der Waals surface area contributed by atoms with Crippen molar-refractivity contribution < 1.29 is 14.4 Å². The Morgan fingerprint density at radius 1 is 1.25 bits per heavy atom. The Bertz CT molecular complexity index is 534. The zero-order valence-electron chi connectivity index (χ0n) is 12.0. The van der Waals surface area contributed by atoms with E-state index < -0.39 is 0 Å². The van der Waals surface area contributed by atoms with E-state index in [4.69, 9.17) is 9.26 Å². The Morgan fingerprint density at radius 3 is 2.55 bits per heavy atom. The van der Waals surface area contributed by atoms with Gasteiger partial charge in [0.15, 0.2) is 0 Å². The van der Waals surface area contributed by atoms with E-state index in [1.54, 1.807) is 12.1 Å². The molecule has 20 heavy (non-hydrogen) atoms. The van der Waals surface area contributed by atoms with Crippen LogP contribution in [-0.2, 0) is 11.2 Å². The fourth-order valence-corrected chi connectivity index (χ4v) is 1.99. The molecule has 0 fully saturated rings. The molecule has 5 nitrogen and oxygen atoms in total. The van der Waals surface area contributed by atoms with Crippen molar-refractivity contribution in [2.75, 3.05) is 6.61 Å². The first-order valence-electron chi connectivity index (χ1n) is 6.82. The van der Waals surface area contributed by atoms with E-state index in [0.29, 0.717) is 24.7 Å². The molecule has 1 N–H and O–H groups in total. The molecule has 0 aliphatic rings. The molecule has 1 heterocycles. The van der Waals surface area contributed by atoms with Gasteiger partial charge in [-0.25, -0.2) is 0 Å². The molecule has 0 saturated carbocycles. The summed E-state index contributed by atoms with van der Waals surface area (Å²) in [7, 11) is 0. The summed E-state index contributed by atoms with van der Waals surface area (Å²) in [5.74, 6) is 1.68. The second-order valence-electron chi connectivity index (χ2n) is 5.01. The quantitative estimate of drug-likeness (QED) is 0.878. The van der Waals surface area contributed by atoms with Gasteiger partial charge in [-0.2, -0.15) is 4.98 Å². The summed E-state index contributed by atoms with van der Waals surface area (Å²) >= 11 is 0. The number of nitrogens with zero attached hydrogens (tertiary/aromatic N) is 2. The van der Waals surface area contributed by atoms with Crippen molar-refractivity contribution >= 4 is 0 Å². The molecule has 0 bridgehead atoms. The van der Waals surface area contributed by atoms with Gasteiger partial charge in [0.1, 0.15) is 11.9 Å². The van der Waals surface area contributed by atoms with E-state index in [2.05, 4.69) is 24.0 Å². The van der Waals surface area contributed by atoms with Crippen LogP contribution < -0.4 is 0 Å². The van der Waals surface area contributed by atoms with Gasteiger partial charge in [0.2, 0.25) is 11.7 Å². The Morgan fingerprint density at radius 2 is 1.95 bits per heavy atom. The fraction of sp³-hybridized carbons (Fsp3) is 0.467. The molecule has 1 aromatic heterocycles. The van der Waals surface area contributed by atoms with Gasteiger partial charge in [0.05, 0.1) is 6.42 Å². The summed E-state index contributed by atoms with van der Waals surface area (Å²) in [4.78, 5) is 4.40. The lowest BCUT2D eigenvalue weighted by Crippen LogP contribution is -2.12. The van der Waals surface area contributed by atoms with Gasteiger partial charge in [-0.05, 0) is 30.5 Å². The minimum atomic E-state index is -0.141. The van der Waals surface area contributed by atoms with Crippen molar-refractivity contribution in [1.29, 1.82) is 0 Å². The van der Waals surface area contributed by atoms with Gasteiger partial charge in [0, 0.05) is 6.61 Å². The van der Waals surface area contributed by atoms with Crippen LogP contribution in [0, 0.1) is 5.92 Å². The monoisotopic (exact) mass is 276 g/mol. The number of phenolic OH excluding ortho intramolecular Hbond substituents is 1.